The lowest BCUT2D eigenvalue weighted by atomic mass is 9.97. The van der Waals surface area contributed by atoms with Crippen molar-refractivity contribution in [3.63, 3.8) is 0 Å². The number of rotatable bonds is 18. The van der Waals surface area contributed by atoms with Gasteiger partial charge < -0.3 is 59.0 Å². The number of amides is 3. The number of fused-ring (bicyclic) bond motifs is 3. The van der Waals surface area contributed by atoms with Crippen molar-refractivity contribution in [1.82, 2.24) is 30.9 Å². The number of aromatic nitrogens is 3. The van der Waals surface area contributed by atoms with Gasteiger partial charge in [0.25, 0.3) is 17.7 Å². The van der Waals surface area contributed by atoms with Crippen molar-refractivity contribution in [1.29, 1.82) is 0 Å². The number of benzene rings is 4. The van der Waals surface area contributed by atoms with Crippen molar-refractivity contribution in [3.8, 4) is 76.2 Å². The summed E-state index contributed by atoms with van der Waals surface area (Å²) >= 11 is 0. The fourth-order valence-corrected chi connectivity index (χ4v) is 11.4. The summed E-state index contributed by atoms with van der Waals surface area (Å²) in [7, 11) is 6.13. The van der Waals surface area contributed by atoms with E-state index in [-0.39, 0.29) is 43.6 Å². The Morgan fingerprint density at radius 1 is 0.510 bits per heavy atom. The lowest BCUT2D eigenvalue weighted by Gasteiger charge is -2.19. The Morgan fingerprint density at radius 2 is 0.860 bits per heavy atom. The minimum atomic E-state index is -1.56. The number of methoxy groups -OCH3 is 4. The largest absolute Gasteiger partial charge is 0.508 e. The molecule has 520 valence electrons. The van der Waals surface area contributed by atoms with E-state index in [0.717, 1.165) is 0 Å². The second-order valence-corrected chi connectivity index (χ2v) is 24.9. The third-order valence-corrected chi connectivity index (χ3v) is 16.9. The van der Waals surface area contributed by atoms with Gasteiger partial charge in [-0.15, -0.1) is 0 Å². The number of alkyl halides is 3. The lowest BCUT2D eigenvalue weighted by Crippen LogP contribution is -2.34. The third-order valence-electron chi connectivity index (χ3n) is 16.9. The quantitative estimate of drug-likeness (QED) is 0.0462. The van der Waals surface area contributed by atoms with E-state index in [9.17, 15) is 32.7 Å². The molecular weight excluding hydrogens is 1290 g/mol. The van der Waals surface area contributed by atoms with Crippen molar-refractivity contribution in [3.05, 3.63) is 136 Å². The molecule has 10 rings (SSSR count). The SMILES string of the molecule is [C-]#[N+]c1cc2c(C#CC(C)(C)O)cnc(OC[C@H]3NC(=O)[C@@H](F)[C@H]3CC)c2cc1OC(C)C.[C-]#[N+]c1cc2c(C#CC(C)(C)OC)cnc(OC[C@H]3NC(=O)[C@@H](F)[C@H]3CC)c2cc1OC.[C-]#[N+]c1cc2c(C#Cc3ccccc3OC)cnc(OC[C@H]3NC(=O)[C@@H](F)[C@H]3CC)c2cc1OC. The molecule has 0 spiro atoms. The summed E-state index contributed by atoms with van der Waals surface area (Å²) in [5.74, 6) is 17.4. The van der Waals surface area contributed by atoms with Gasteiger partial charge in [-0.2, -0.15) is 0 Å². The molecule has 24 heteroatoms. The Bertz CT molecular complexity index is 4560. The van der Waals surface area contributed by atoms with Gasteiger partial charge >= 0.3 is 0 Å². The molecular formula is C76H78F3N9O12. The number of carbonyl (C=O) groups excluding carboxylic acids is 3. The maximum Gasteiger partial charge on any atom is 0.255 e. The number of nitrogens with zero attached hydrogens (tertiary/aromatic N) is 6. The smallest absolute Gasteiger partial charge is 0.255 e. The number of pyridine rings is 3. The number of halogens is 3. The highest BCUT2D eigenvalue weighted by Gasteiger charge is 2.44. The molecule has 3 aliphatic rings. The van der Waals surface area contributed by atoms with Crippen molar-refractivity contribution < 1.29 is 70.6 Å². The predicted molar refractivity (Wildman–Crippen MR) is 371 cm³/mol. The Balaban J connectivity index is 0.000000191. The number of aliphatic hydroxyl groups is 1. The van der Waals surface area contributed by atoms with Crippen LogP contribution in [0, 0.1) is 73.0 Å². The van der Waals surface area contributed by atoms with Crippen LogP contribution in [0.15, 0.2) is 79.3 Å². The van der Waals surface area contributed by atoms with Crippen LogP contribution in [0.2, 0.25) is 0 Å². The molecule has 7 aromatic rings. The Labute approximate surface area is 579 Å². The molecule has 3 amide bonds. The fourth-order valence-electron chi connectivity index (χ4n) is 11.4. The van der Waals surface area contributed by atoms with Crippen LogP contribution in [0.3, 0.4) is 0 Å². The normalized spacial score (nSPS) is 19.8. The van der Waals surface area contributed by atoms with Crippen LogP contribution in [0.4, 0.5) is 30.2 Å². The average molecular weight is 1370 g/mol. The number of ether oxygens (including phenoxy) is 8. The van der Waals surface area contributed by atoms with Gasteiger partial charge in [0.15, 0.2) is 18.5 Å². The highest BCUT2D eigenvalue weighted by molar-refractivity contribution is 5.98. The molecule has 3 aliphatic heterocycles. The Morgan fingerprint density at radius 3 is 1.21 bits per heavy atom. The van der Waals surface area contributed by atoms with Gasteiger partial charge in [0.2, 0.25) is 34.7 Å². The van der Waals surface area contributed by atoms with Gasteiger partial charge in [-0.1, -0.05) is 68.4 Å². The summed E-state index contributed by atoms with van der Waals surface area (Å²) in [6, 6.07) is 16.1. The maximum absolute atomic E-state index is 14.2. The molecule has 4 aromatic carbocycles. The van der Waals surface area contributed by atoms with E-state index in [4.69, 9.17) is 57.6 Å². The van der Waals surface area contributed by atoms with E-state index in [0.29, 0.717) is 114 Å². The van der Waals surface area contributed by atoms with Crippen LogP contribution in [-0.2, 0) is 19.1 Å². The number of nitrogens with one attached hydrogen (secondary N) is 3. The van der Waals surface area contributed by atoms with E-state index in [1.807, 2.05) is 72.7 Å². The topological polar surface area (TPSA) is 233 Å². The van der Waals surface area contributed by atoms with Crippen molar-refractivity contribution in [2.75, 3.05) is 48.3 Å². The van der Waals surface area contributed by atoms with Gasteiger partial charge in [-0.25, -0.2) is 42.7 Å². The van der Waals surface area contributed by atoms with E-state index >= 15 is 0 Å². The van der Waals surface area contributed by atoms with Gasteiger partial charge in [0.05, 0.1) is 76.4 Å². The number of para-hydroxylation sites is 1. The Kier molecular flexibility index (Phi) is 24.7. The van der Waals surface area contributed by atoms with Crippen molar-refractivity contribution >= 4 is 67.1 Å². The zero-order chi connectivity index (χ0) is 72.8. The van der Waals surface area contributed by atoms with Crippen LogP contribution in [0.25, 0.3) is 46.9 Å². The first-order chi connectivity index (χ1) is 47.8. The number of hydrogen-bond acceptors (Lipinski definition) is 15. The van der Waals surface area contributed by atoms with E-state index < -0.39 is 83.3 Å². The Hall–Kier alpha value is -11.0. The molecule has 3 aromatic heterocycles. The molecule has 6 heterocycles. The molecule has 0 unspecified atom stereocenters. The average Bonchev–Trinajstić information content (AvgIpc) is 0.976. The van der Waals surface area contributed by atoms with Crippen LogP contribution in [0.1, 0.15) is 104 Å². The fraction of sp³-hybridized carbons (Fsp3) is 0.408. The van der Waals surface area contributed by atoms with Crippen LogP contribution in [-0.4, -0.2) is 140 Å². The summed E-state index contributed by atoms with van der Waals surface area (Å²) in [5, 5.41) is 21.7. The van der Waals surface area contributed by atoms with Crippen LogP contribution >= 0.6 is 0 Å². The molecule has 0 radical (unpaired) electrons. The number of carbonyl (C=O) groups is 3. The first-order valence-corrected chi connectivity index (χ1v) is 32.3. The first-order valence-electron chi connectivity index (χ1n) is 32.3. The van der Waals surface area contributed by atoms with Crippen molar-refractivity contribution in [2.24, 2.45) is 17.8 Å². The van der Waals surface area contributed by atoms with Crippen LogP contribution in [0.5, 0.6) is 40.6 Å². The molecule has 0 saturated carbocycles. The second-order valence-electron chi connectivity index (χ2n) is 24.9. The molecule has 21 nitrogen and oxygen atoms in total. The third kappa shape index (κ3) is 17.4. The summed E-state index contributed by atoms with van der Waals surface area (Å²) in [4.78, 5) is 59.2. The summed E-state index contributed by atoms with van der Waals surface area (Å²) in [6.07, 6.45) is 1.36. The van der Waals surface area contributed by atoms with E-state index in [1.165, 1.54) is 20.4 Å². The number of hydrogen-bond donors (Lipinski definition) is 4. The molecule has 0 bridgehead atoms. The zero-order valence-electron chi connectivity index (χ0n) is 57.8. The first kappa shape index (κ1) is 74.8. The standard InChI is InChI=1S/C27H24FN3O4.C25H28FN3O4.C24H26FN3O4/c1-5-18-22(31-26(32)25(18)28)15-35-27-20-13-24(34-4)21(29-2)12-19(20)17(14-30-27)11-10-16-8-6-7-9-23(16)33-3;1-7-16-20(29-23(30)22(16)26)13-32-24-18-11-21(33-14(2)3)19(27-6)10-17(18)15(12-28-24)8-9-25(4,5)31;1-7-15-19(28-22(29)21(15)25)13-32-23-17-11-20(30-5)18(26-4)10-16(17)14(12-27-23)8-9-24(2,3)31-6/h6-9,12-14,18,22,25H,5,15H2,1,3-4H3,(H,31,32);10-12,14,16,20,22,31H,7,13H2,1-5H3,(H,29,30);10-12,15,19,21H,7,13H2,1-3,5-6H3,(H,28,29)/t18-,22+,25-;16-,20+,22-;15-,19+,21-/m000/s1. The highest BCUT2D eigenvalue weighted by atomic mass is 19.1. The predicted octanol–water partition coefficient (Wildman–Crippen LogP) is 12.2. The molecule has 3 fully saturated rings. The molecule has 0 aliphatic carbocycles. The lowest BCUT2D eigenvalue weighted by molar-refractivity contribution is -0.124. The van der Waals surface area contributed by atoms with Gasteiger partial charge in [0, 0.05) is 70.7 Å². The summed E-state index contributed by atoms with van der Waals surface area (Å²) in [6.45, 7) is 38.8. The molecule has 4 N–H and O–H groups in total. The molecule has 3 saturated heterocycles. The minimum absolute atomic E-state index is 0.0480. The van der Waals surface area contributed by atoms with Gasteiger partial charge in [-0.3, -0.25) is 14.4 Å². The van der Waals surface area contributed by atoms with E-state index in [1.54, 1.807) is 76.9 Å². The van der Waals surface area contributed by atoms with Gasteiger partial charge in [-0.05, 0) is 125 Å². The van der Waals surface area contributed by atoms with E-state index in [2.05, 4.69) is 81.0 Å². The minimum Gasteiger partial charge on any atom is -0.508 e. The summed E-state index contributed by atoms with van der Waals surface area (Å²) in [5.41, 5.74) is 1.54. The molecule has 9 atom stereocenters. The maximum atomic E-state index is 14.2. The monoisotopic (exact) mass is 1370 g/mol. The van der Waals surface area contributed by atoms with Gasteiger partial charge in [0.1, 0.15) is 54.0 Å². The highest BCUT2D eigenvalue weighted by Crippen LogP contribution is 2.42. The second kappa shape index (κ2) is 33.0. The summed E-state index contributed by atoms with van der Waals surface area (Å²) < 4.78 is 87.5. The van der Waals surface area contributed by atoms with Crippen molar-refractivity contribution in [2.45, 2.75) is 136 Å². The molecule has 100 heavy (non-hydrogen) atoms. The zero-order valence-corrected chi connectivity index (χ0v) is 57.8. The van der Waals surface area contributed by atoms with Crippen LogP contribution < -0.4 is 49.1 Å².